The summed E-state index contributed by atoms with van der Waals surface area (Å²) in [5.41, 5.74) is -1.79. The Morgan fingerprint density at radius 2 is 1.92 bits per heavy atom. The lowest BCUT2D eigenvalue weighted by Crippen LogP contribution is -2.55. The SMILES string of the molecule is CO[C@H]([C@H](C)O)[C@@](C)(O)[C@H](O)C=O. The monoisotopic (exact) mass is 192 g/mol. The lowest BCUT2D eigenvalue weighted by Gasteiger charge is -2.35. The van der Waals surface area contributed by atoms with Crippen LogP contribution >= 0.6 is 0 Å². The van der Waals surface area contributed by atoms with E-state index in [2.05, 4.69) is 0 Å². The molecule has 0 aromatic carbocycles. The Bertz CT molecular complexity index is 166. The number of aliphatic hydroxyl groups excluding tert-OH is 2. The molecule has 0 rings (SSSR count). The fourth-order valence-corrected chi connectivity index (χ4v) is 1.23. The van der Waals surface area contributed by atoms with Gasteiger partial charge in [0.2, 0.25) is 0 Å². The van der Waals surface area contributed by atoms with Gasteiger partial charge in [-0.1, -0.05) is 0 Å². The molecule has 0 heterocycles. The quantitative estimate of drug-likeness (QED) is 0.471. The Morgan fingerprint density at radius 1 is 1.46 bits per heavy atom. The molecule has 0 aliphatic heterocycles. The third-order valence-corrected chi connectivity index (χ3v) is 2.00. The number of hydrogen-bond donors (Lipinski definition) is 3. The van der Waals surface area contributed by atoms with Crippen LogP contribution in [0.25, 0.3) is 0 Å². The van der Waals surface area contributed by atoms with Gasteiger partial charge in [0.15, 0.2) is 6.29 Å². The van der Waals surface area contributed by atoms with Crippen LogP contribution in [0.15, 0.2) is 0 Å². The minimum atomic E-state index is -1.79. The van der Waals surface area contributed by atoms with E-state index in [1.165, 1.54) is 21.0 Å². The van der Waals surface area contributed by atoms with E-state index >= 15 is 0 Å². The molecule has 0 radical (unpaired) electrons. The zero-order valence-electron chi connectivity index (χ0n) is 7.97. The van der Waals surface area contributed by atoms with E-state index < -0.39 is 23.9 Å². The number of hydrogen-bond acceptors (Lipinski definition) is 5. The molecule has 0 aliphatic rings. The van der Waals surface area contributed by atoms with Crippen LogP contribution < -0.4 is 0 Å². The van der Waals surface area contributed by atoms with Gasteiger partial charge in [-0.15, -0.1) is 0 Å². The van der Waals surface area contributed by atoms with Gasteiger partial charge >= 0.3 is 0 Å². The van der Waals surface area contributed by atoms with Crippen molar-refractivity contribution in [1.29, 1.82) is 0 Å². The molecule has 0 unspecified atom stereocenters. The summed E-state index contributed by atoms with van der Waals surface area (Å²) in [7, 11) is 1.28. The summed E-state index contributed by atoms with van der Waals surface area (Å²) in [5, 5.41) is 28.0. The summed E-state index contributed by atoms with van der Waals surface area (Å²) in [5.74, 6) is 0. The molecule has 13 heavy (non-hydrogen) atoms. The van der Waals surface area contributed by atoms with Crippen LogP contribution in [-0.2, 0) is 9.53 Å². The van der Waals surface area contributed by atoms with Gasteiger partial charge in [-0.3, -0.25) is 0 Å². The molecule has 5 nitrogen and oxygen atoms in total. The predicted octanol–water partition coefficient (Wildman–Crippen LogP) is -1.31. The first-order chi connectivity index (χ1) is 5.87. The second kappa shape index (κ2) is 4.66. The molecule has 3 N–H and O–H groups in total. The fraction of sp³-hybridized carbons (Fsp3) is 0.875. The lowest BCUT2D eigenvalue weighted by atomic mass is 9.90. The number of aldehydes is 1. The van der Waals surface area contributed by atoms with Crippen molar-refractivity contribution >= 4 is 6.29 Å². The van der Waals surface area contributed by atoms with Crippen molar-refractivity contribution in [3.05, 3.63) is 0 Å². The fourth-order valence-electron chi connectivity index (χ4n) is 1.23. The molecule has 0 aromatic rings. The number of carbonyl (C=O) groups is 1. The first kappa shape index (κ1) is 12.5. The van der Waals surface area contributed by atoms with Crippen molar-refractivity contribution in [2.75, 3.05) is 7.11 Å². The van der Waals surface area contributed by atoms with Gasteiger partial charge in [-0.25, -0.2) is 0 Å². The summed E-state index contributed by atoms with van der Waals surface area (Å²) >= 11 is 0. The Morgan fingerprint density at radius 3 is 2.15 bits per heavy atom. The molecule has 0 spiro atoms. The molecule has 0 bridgehead atoms. The normalized spacial score (nSPS) is 22.9. The predicted molar refractivity (Wildman–Crippen MR) is 45.2 cm³/mol. The van der Waals surface area contributed by atoms with Gasteiger partial charge in [0.05, 0.1) is 6.10 Å². The van der Waals surface area contributed by atoms with Gasteiger partial charge in [0.25, 0.3) is 0 Å². The molecule has 0 aliphatic carbocycles. The van der Waals surface area contributed by atoms with E-state index in [4.69, 9.17) is 9.84 Å². The number of carbonyl (C=O) groups excluding carboxylic acids is 1. The second-order valence-corrected chi connectivity index (χ2v) is 3.20. The molecule has 0 saturated heterocycles. The Kier molecular flexibility index (Phi) is 4.49. The minimum absolute atomic E-state index is 0.203. The lowest BCUT2D eigenvalue weighted by molar-refractivity contribution is -0.175. The summed E-state index contributed by atoms with van der Waals surface area (Å²) in [6, 6.07) is 0. The van der Waals surface area contributed by atoms with E-state index in [9.17, 15) is 15.0 Å². The zero-order chi connectivity index (χ0) is 10.6. The third kappa shape index (κ3) is 2.73. The summed E-state index contributed by atoms with van der Waals surface area (Å²) in [4.78, 5) is 10.2. The third-order valence-electron chi connectivity index (χ3n) is 2.00. The van der Waals surface area contributed by atoms with Crippen LogP contribution in [0.5, 0.6) is 0 Å². The number of methoxy groups -OCH3 is 1. The molecular formula is C8H16O5. The smallest absolute Gasteiger partial charge is 0.151 e. The topological polar surface area (TPSA) is 87.0 Å². The Labute approximate surface area is 77.0 Å². The van der Waals surface area contributed by atoms with Crippen molar-refractivity contribution in [3.63, 3.8) is 0 Å². The molecule has 0 amide bonds. The van der Waals surface area contributed by atoms with Crippen LogP contribution in [0.4, 0.5) is 0 Å². The van der Waals surface area contributed by atoms with E-state index in [1.807, 2.05) is 0 Å². The van der Waals surface area contributed by atoms with Crippen LogP contribution in [-0.4, -0.2) is 52.6 Å². The highest BCUT2D eigenvalue weighted by atomic mass is 16.5. The molecule has 4 atom stereocenters. The summed E-state index contributed by atoms with van der Waals surface area (Å²) < 4.78 is 4.78. The summed E-state index contributed by atoms with van der Waals surface area (Å²) in [6.07, 6.45) is -3.36. The van der Waals surface area contributed by atoms with Gasteiger partial charge in [0, 0.05) is 7.11 Å². The highest BCUT2D eigenvalue weighted by Crippen LogP contribution is 2.19. The second-order valence-electron chi connectivity index (χ2n) is 3.20. The van der Waals surface area contributed by atoms with Crippen molar-refractivity contribution in [3.8, 4) is 0 Å². The number of rotatable bonds is 5. The highest BCUT2D eigenvalue weighted by Gasteiger charge is 2.41. The average Bonchev–Trinajstić information content (AvgIpc) is 2.02. The largest absolute Gasteiger partial charge is 0.391 e. The number of ether oxygens (including phenoxy) is 1. The molecule has 0 aromatic heterocycles. The van der Waals surface area contributed by atoms with Gasteiger partial charge in [-0.05, 0) is 13.8 Å². The Hall–Kier alpha value is -0.490. The van der Waals surface area contributed by atoms with Crippen LogP contribution in [0.2, 0.25) is 0 Å². The van der Waals surface area contributed by atoms with Crippen LogP contribution in [0.3, 0.4) is 0 Å². The van der Waals surface area contributed by atoms with E-state index in [0.717, 1.165) is 0 Å². The standard InChI is InChI=1S/C8H16O5/c1-5(10)7(13-3)8(2,12)6(11)4-9/h4-7,10-12H,1-3H3/t5-,6+,7+,8-/m0/s1. The highest BCUT2D eigenvalue weighted by molar-refractivity contribution is 5.58. The molecule has 0 fully saturated rings. The maximum atomic E-state index is 10.2. The average molecular weight is 192 g/mol. The van der Waals surface area contributed by atoms with Crippen molar-refractivity contribution in [2.45, 2.75) is 37.8 Å². The Balaban J connectivity index is 4.65. The van der Waals surface area contributed by atoms with Crippen molar-refractivity contribution in [1.82, 2.24) is 0 Å². The van der Waals surface area contributed by atoms with Gasteiger partial charge < -0.3 is 24.9 Å². The van der Waals surface area contributed by atoms with E-state index in [-0.39, 0.29) is 6.29 Å². The number of aliphatic hydroxyl groups is 3. The minimum Gasteiger partial charge on any atom is -0.391 e. The first-order valence-electron chi connectivity index (χ1n) is 3.94. The van der Waals surface area contributed by atoms with Crippen LogP contribution in [0, 0.1) is 0 Å². The van der Waals surface area contributed by atoms with Crippen LogP contribution in [0.1, 0.15) is 13.8 Å². The first-order valence-corrected chi connectivity index (χ1v) is 3.94. The molecular weight excluding hydrogens is 176 g/mol. The van der Waals surface area contributed by atoms with Gasteiger partial charge in [-0.2, -0.15) is 0 Å². The maximum absolute atomic E-state index is 10.2. The summed E-state index contributed by atoms with van der Waals surface area (Å²) in [6.45, 7) is 2.63. The zero-order valence-corrected chi connectivity index (χ0v) is 7.97. The molecule has 78 valence electrons. The van der Waals surface area contributed by atoms with Crippen molar-refractivity contribution in [2.24, 2.45) is 0 Å². The molecule has 0 saturated carbocycles. The van der Waals surface area contributed by atoms with E-state index in [0.29, 0.717) is 0 Å². The van der Waals surface area contributed by atoms with Gasteiger partial charge in [0.1, 0.15) is 17.8 Å². The van der Waals surface area contributed by atoms with E-state index in [1.54, 1.807) is 0 Å². The molecule has 5 heteroatoms. The maximum Gasteiger partial charge on any atom is 0.151 e. The van der Waals surface area contributed by atoms with Crippen molar-refractivity contribution < 1.29 is 24.9 Å².